The number of rotatable bonds is 3. The van der Waals surface area contributed by atoms with Crippen LogP contribution in [0.4, 0.5) is 5.13 Å². The van der Waals surface area contributed by atoms with Crippen LogP contribution in [0.2, 0.25) is 0 Å². The highest BCUT2D eigenvalue weighted by Crippen LogP contribution is 2.41. The quantitative estimate of drug-likeness (QED) is 0.897. The molecule has 18 heavy (non-hydrogen) atoms. The van der Waals surface area contributed by atoms with E-state index in [1.54, 1.807) is 11.3 Å². The molecule has 0 bridgehead atoms. The van der Waals surface area contributed by atoms with Crippen molar-refractivity contribution in [2.75, 3.05) is 18.4 Å². The van der Waals surface area contributed by atoms with Crippen molar-refractivity contribution in [3.8, 4) is 0 Å². The Kier molecular flexibility index (Phi) is 3.94. The summed E-state index contributed by atoms with van der Waals surface area (Å²) < 4.78 is 0. The van der Waals surface area contributed by atoms with Gasteiger partial charge in [-0.3, -0.25) is 4.79 Å². The molecule has 1 aromatic rings. The number of nitrogens with zero attached hydrogens (tertiary/aromatic N) is 1. The lowest BCUT2D eigenvalue weighted by molar-refractivity contribution is -0.123. The lowest BCUT2D eigenvalue weighted by Crippen LogP contribution is -2.35. The maximum atomic E-state index is 12.1. The molecule has 100 valence electrons. The number of carbonyl (C=O) groups is 1. The average molecular weight is 288 g/mol. The van der Waals surface area contributed by atoms with E-state index in [1.807, 2.05) is 6.92 Å². The smallest absolute Gasteiger partial charge is 0.233 e. The van der Waals surface area contributed by atoms with E-state index in [2.05, 4.69) is 21.0 Å². The first kappa shape index (κ1) is 13.8. The van der Waals surface area contributed by atoms with Gasteiger partial charge in [0, 0.05) is 17.8 Å². The average Bonchev–Trinajstić information content (AvgIpc) is 2.89. The van der Waals surface area contributed by atoms with Gasteiger partial charge in [-0.15, -0.1) is 23.7 Å². The maximum Gasteiger partial charge on any atom is 0.233 e. The molecule has 0 spiro atoms. The van der Waals surface area contributed by atoms with Gasteiger partial charge in [-0.05, 0) is 32.7 Å². The molecule has 2 aliphatic rings. The molecule has 1 saturated carbocycles. The van der Waals surface area contributed by atoms with E-state index in [0.29, 0.717) is 5.92 Å². The summed E-state index contributed by atoms with van der Waals surface area (Å²) in [6.07, 6.45) is 3.40. The molecule has 1 atom stereocenters. The largest absolute Gasteiger partial charge is 0.316 e. The van der Waals surface area contributed by atoms with Crippen LogP contribution in [0.3, 0.4) is 0 Å². The summed E-state index contributed by atoms with van der Waals surface area (Å²) >= 11 is 1.54. The summed E-state index contributed by atoms with van der Waals surface area (Å²) in [5.74, 6) is 0.750. The second-order valence-corrected chi connectivity index (χ2v) is 6.15. The molecule has 1 aromatic heterocycles. The summed E-state index contributed by atoms with van der Waals surface area (Å²) in [6, 6.07) is 0. The maximum absolute atomic E-state index is 12.1. The van der Waals surface area contributed by atoms with Crippen molar-refractivity contribution < 1.29 is 4.79 Å². The summed E-state index contributed by atoms with van der Waals surface area (Å²) in [5.41, 5.74) is 0.880. The zero-order valence-electron chi connectivity index (χ0n) is 10.4. The molecule has 1 unspecified atom stereocenters. The minimum atomic E-state index is -0.272. The number of amides is 1. The SMILES string of the molecule is CC1(C(=O)Nc2nc(C3CC3)cs2)CCNC1.Cl. The first-order valence-electron chi connectivity index (χ1n) is 6.15. The molecule has 6 heteroatoms. The highest BCUT2D eigenvalue weighted by molar-refractivity contribution is 7.13. The summed E-state index contributed by atoms with van der Waals surface area (Å²) in [4.78, 5) is 16.6. The minimum Gasteiger partial charge on any atom is -0.316 e. The Morgan fingerprint density at radius 3 is 3.00 bits per heavy atom. The van der Waals surface area contributed by atoms with Gasteiger partial charge >= 0.3 is 0 Å². The van der Waals surface area contributed by atoms with Crippen molar-refractivity contribution >= 4 is 34.8 Å². The number of halogens is 1. The second-order valence-electron chi connectivity index (χ2n) is 5.29. The van der Waals surface area contributed by atoms with Crippen LogP contribution in [0.1, 0.15) is 37.8 Å². The number of hydrogen-bond acceptors (Lipinski definition) is 4. The van der Waals surface area contributed by atoms with Crippen LogP contribution in [0.15, 0.2) is 5.38 Å². The number of hydrogen-bond donors (Lipinski definition) is 2. The van der Waals surface area contributed by atoms with Crippen molar-refractivity contribution in [1.82, 2.24) is 10.3 Å². The monoisotopic (exact) mass is 287 g/mol. The summed E-state index contributed by atoms with van der Waals surface area (Å²) in [7, 11) is 0. The minimum absolute atomic E-state index is 0. The molecule has 2 fully saturated rings. The van der Waals surface area contributed by atoms with Gasteiger partial charge in [-0.2, -0.15) is 0 Å². The first-order valence-corrected chi connectivity index (χ1v) is 7.03. The van der Waals surface area contributed by atoms with Crippen LogP contribution in [-0.2, 0) is 4.79 Å². The topological polar surface area (TPSA) is 54.0 Å². The highest BCUT2D eigenvalue weighted by Gasteiger charge is 2.36. The van der Waals surface area contributed by atoms with Crippen LogP contribution in [0, 0.1) is 5.41 Å². The molecule has 2 N–H and O–H groups in total. The predicted octanol–water partition coefficient (Wildman–Crippen LogP) is 2.38. The van der Waals surface area contributed by atoms with Crippen LogP contribution >= 0.6 is 23.7 Å². The second kappa shape index (κ2) is 5.15. The Morgan fingerprint density at radius 2 is 2.39 bits per heavy atom. The van der Waals surface area contributed by atoms with E-state index in [9.17, 15) is 4.79 Å². The number of anilines is 1. The van der Waals surface area contributed by atoms with Crippen molar-refractivity contribution in [3.63, 3.8) is 0 Å². The van der Waals surface area contributed by atoms with Gasteiger partial charge in [0.2, 0.25) is 5.91 Å². The zero-order chi connectivity index (χ0) is 11.9. The van der Waals surface area contributed by atoms with Crippen molar-refractivity contribution in [2.45, 2.75) is 32.1 Å². The third-order valence-electron chi connectivity index (χ3n) is 3.65. The van der Waals surface area contributed by atoms with Crippen LogP contribution in [-0.4, -0.2) is 24.0 Å². The molecule has 3 rings (SSSR count). The molecule has 2 heterocycles. The number of nitrogens with one attached hydrogen (secondary N) is 2. The van der Waals surface area contributed by atoms with E-state index in [4.69, 9.17) is 0 Å². The summed E-state index contributed by atoms with van der Waals surface area (Å²) in [6.45, 7) is 3.70. The molecule has 0 aromatic carbocycles. The van der Waals surface area contributed by atoms with Crippen LogP contribution < -0.4 is 10.6 Å². The fraction of sp³-hybridized carbons (Fsp3) is 0.667. The van der Waals surface area contributed by atoms with Gasteiger partial charge in [-0.1, -0.05) is 0 Å². The highest BCUT2D eigenvalue weighted by atomic mass is 35.5. The molecular weight excluding hydrogens is 270 g/mol. The molecule has 0 radical (unpaired) electrons. The number of aromatic nitrogens is 1. The Morgan fingerprint density at radius 1 is 1.61 bits per heavy atom. The van der Waals surface area contributed by atoms with Crippen molar-refractivity contribution in [3.05, 3.63) is 11.1 Å². The Balaban J connectivity index is 0.00000120. The normalized spacial score (nSPS) is 26.7. The van der Waals surface area contributed by atoms with E-state index >= 15 is 0 Å². The third kappa shape index (κ3) is 2.68. The van der Waals surface area contributed by atoms with Gasteiger partial charge in [0.05, 0.1) is 11.1 Å². The van der Waals surface area contributed by atoms with E-state index in [0.717, 1.165) is 30.3 Å². The van der Waals surface area contributed by atoms with E-state index in [-0.39, 0.29) is 23.7 Å². The standard InChI is InChI=1S/C12H17N3OS.ClH/c1-12(4-5-13-7-12)10(16)15-11-14-9(6-17-11)8-2-3-8;/h6,8,13H,2-5,7H2,1H3,(H,14,15,16);1H. The van der Waals surface area contributed by atoms with Crippen molar-refractivity contribution in [2.24, 2.45) is 5.41 Å². The Labute approximate surface area is 117 Å². The summed E-state index contributed by atoms with van der Waals surface area (Å²) in [5, 5.41) is 9.02. The van der Waals surface area contributed by atoms with Gasteiger partial charge in [-0.25, -0.2) is 4.98 Å². The molecule has 4 nitrogen and oxygen atoms in total. The Hall–Kier alpha value is -0.650. The molecule has 1 aliphatic carbocycles. The lowest BCUT2D eigenvalue weighted by atomic mass is 9.89. The zero-order valence-corrected chi connectivity index (χ0v) is 12.0. The van der Waals surface area contributed by atoms with Gasteiger partial charge in [0.25, 0.3) is 0 Å². The number of thiazole rings is 1. The van der Waals surface area contributed by atoms with E-state index in [1.165, 1.54) is 12.8 Å². The first-order chi connectivity index (χ1) is 8.17. The lowest BCUT2D eigenvalue weighted by Gasteiger charge is -2.20. The molecule has 1 amide bonds. The van der Waals surface area contributed by atoms with Gasteiger partial charge < -0.3 is 10.6 Å². The third-order valence-corrected chi connectivity index (χ3v) is 4.43. The fourth-order valence-corrected chi connectivity index (χ4v) is 2.96. The van der Waals surface area contributed by atoms with E-state index < -0.39 is 0 Å². The van der Waals surface area contributed by atoms with Crippen LogP contribution in [0.5, 0.6) is 0 Å². The van der Waals surface area contributed by atoms with Gasteiger partial charge in [0.1, 0.15) is 0 Å². The Bertz CT molecular complexity index is 438. The van der Waals surface area contributed by atoms with Crippen LogP contribution in [0.25, 0.3) is 0 Å². The van der Waals surface area contributed by atoms with Crippen molar-refractivity contribution in [1.29, 1.82) is 0 Å². The molecule has 1 saturated heterocycles. The fourth-order valence-electron chi connectivity index (χ4n) is 2.17. The predicted molar refractivity (Wildman–Crippen MR) is 75.6 cm³/mol. The molecular formula is C12H18ClN3OS. The van der Waals surface area contributed by atoms with Gasteiger partial charge in [0.15, 0.2) is 5.13 Å². The number of carbonyl (C=O) groups excluding carboxylic acids is 1. The molecule has 1 aliphatic heterocycles.